The van der Waals surface area contributed by atoms with E-state index in [0.29, 0.717) is 6.54 Å². The maximum atomic E-state index is 12.3. The summed E-state index contributed by atoms with van der Waals surface area (Å²) in [6.07, 6.45) is 4.00. The smallest absolute Gasteiger partial charge is 0.182 e. The van der Waals surface area contributed by atoms with E-state index in [-0.39, 0.29) is 5.78 Å². The van der Waals surface area contributed by atoms with E-state index < -0.39 is 0 Å². The van der Waals surface area contributed by atoms with Crippen LogP contribution >= 0.6 is 11.8 Å². The standard InChI is InChI=1S/C17H15NOS/c1-20-15-8-6-14(7-9-15)17(19)12-18-11-10-13-4-2-3-5-16(13)18/h2-11H,12H2,1H3. The first-order valence-corrected chi connectivity index (χ1v) is 7.71. The fourth-order valence-corrected chi connectivity index (χ4v) is 2.71. The summed E-state index contributed by atoms with van der Waals surface area (Å²) in [6, 6.07) is 17.9. The predicted molar refractivity (Wildman–Crippen MR) is 84.5 cm³/mol. The molecule has 3 heteroatoms. The van der Waals surface area contributed by atoms with E-state index in [1.54, 1.807) is 11.8 Å². The molecule has 2 nitrogen and oxygen atoms in total. The van der Waals surface area contributed by atoms with Gasteiger partial charge in [0.05, 0.1) is 6.54 Å². The highest BCUT2D eigenvalue weighted by Crippen LogP contribution is 2.18. The van der Waals surface area contributed by atoms with Crippen LogP contribution in [-0.4, -0.2) is 16.6 Å². The van der Waals surface area contributed by atoms with Gasteiger partial charge in [-0.25, -0.2) is 0 Å². The first-order valence-electron chi connectivity index (χ1n) is 6.49. The molecule has 1 heterocycles. The summed E-state index contributed by atoms with van der Waals surface area (Å²) in [4.78, 5) is 13.5. The number of nitrogens with zero attached hydrogens (tertiary/aromatic N) is 1. The molecule has 0 atom stereocenters. The largest absolute Gasteiger partial charge is 0.340 e. The van der Waals surface area contributed by atoms with Gasteiger partial charge >= 0.3 is 0 Å². The van der Waals surface area contributed by atoms with Gasteiger partial charge in [0, 0.05) is 22.2 Å². The second-order valence-electron chi connectivity index (χ2n) is 4.65. The average Bonchev–Trinajstić information content (AvgIpc) is 2.91. The number of hydrogen-bond donors (Lipinski definition) is 0. The number of aromatic nitrogens is 1. The van der Waals surface area contributed by atoms with E-state index in [2.05, 4.69) is 6.07 Å². The topological polar surface area (TPSA) is 22.0 Å². The number of Topliss-reactive ketones (excluding diaryl/α,β-unsaturated/α-hetero) is 1. The Bertz CT molecular complexity index is 743. The van der Waals surface area contributed by atoms with Crippen LogP contribution in [0.5, 0.6) is 0 Å². The van der Waals surface area contributed by atoms with Crippen molar-refractivity contribution in [1.82, 2.24) is 4.57 Å². The molecule has 0 aliphatic heterocycles. The van der Waals surface area contributed by atoms with Gasteiger partial charge in [-0.2, -0.15) is 0 Å². The van der Waals surface area contributed by atoms with Crippen LogP contribution in [0, 0.1) is 0 Å². The van der Waals surface area contributed by atoms with E-state index in [4.69, 9.17) is 0 Å². The summed E-state index contributed by atoms with van der Waals surface area (Å²) in [6.45, 7) is 0.381. The third-order valence-electron chi connectivity index (χ3n) is 3.41. The lowest BCUT2D eigenvalue weighted by Crippen LogP contribution is -2.09. The maximum absolute atomic E-state index is 12.3. The fraction of sp³-hybridized carbons (Fsp3) is 0.118. The normalized spacial score (nSPS) is 10.8. The van der Waals surface area contributed by atoms with E-state index in [1.165, 1.54) is 4.90 Å². The lowest BCUT2D eigenvalue weighted by atomic mass is 10.1. The van der Waals surface area contributed by atoms with Crippen LogP contribution in [0.15, 0.2) is 65.7 Å². The molecule has 0 aliphatic carbocycles. The van der Waals surface area contributed by atoms with Crippen molar-refractivity contribution in [2.24, 2.45) is 0 Å². The Kier molecular flexibility index (Phi) is 3.61. The average molecular weight is 281 g/mol. The maximum Gasteiger partial charge on any atom is 0.182 e. The molecule has 0 fully saturated rings. The second kappa shape index (κ2) is 5.55. The predicted octanol–water partition coefficient (Wildman–Crippen LogP) is 4.25. The minimum Gasteiger partial charge on any atom is -0.340 e. The second-order valence-corrected chi connectivity index (χ2v) is 5.53. The molecule has 0 saturated carbocycles. The Hall–Kier alpha value is -2.00. The molecule has 3 rings (SSSR count). The molecule has 0 amide bonds. The van der Waals surface area contributed by atoms with E-state index in [9.17, 15) is 4.79 Å². The van der Waals surface area contributed by atoms with Gasteiger partial charge in [-0.3, -0.25) is 4.79 Å². The minimum absolute atomic E-state index is 0.138. The van der Waals surface area contributed by atoms with Crippen molar-refractivity contribution >= 4 is 28.4 Å². The Labute approximate surface area is 122 Å². The monoisotopic (exact) mass is 281 g/mol. The Morgan fingerprint density at radius 3 is 2.55 bits per heavy atom. The summed E-state index contributed by atoms with van der Waals surface area (Å²) in [7, 11) is 0. The van der Waals surface area contributed by atoms with Crippen molar-refractivity contribution in [2.45, 2.75) is 11.4 Å². The highest BCUT2D eigenvalue weighted by Gasteiger charge is 2.08. The third kappa shape index (κ3) is 2.49. The molecule has 1 aromatic heterocycles. The molecule has 100 valence electrons. The molecule has 0 aliphatic rings. The van der Waals surface area contributed by atoms with Gasteiger partial charge in [-0.15, -0.1) is 11.8 Å². The first-order chi connectivity index (χ1) is 9.78. The van der Waals surface area contributed by atoms with E-state index >= 15 is 0 Å². The van der Waals surface area contributed by atoms with Crippen LogP contribution in [0.25, 0.3) is 10.9 Å². The lowest BCUT2D eigenvalue weighted by Gasteiger charge is -2.05. The third-order valence-corrected chi connectivity index (χ3v) is 4.15. The van der Waals surface area contributed by atoms with Gasteiger partial charge in [0.25, 0.3) is 0 Å². The molecular weight excluding hydrogens is 266 g/mol. The van der Waals surface area contributed by atoms with E-state index in [0.717, 1.165) is 16.5 Å². The van der Waals surface area contributed by atoms with Gasteiger partial charge in [0.2, 0.25) is 0 Å². The number of carbonyl (C=O) groups is 1. The summed E-state index contributed by atoms with van der Waals surface area (Å²) in [5.74, 6) is 0.138. The number of carbonyl (C=O) groups excluding carboxylic acids is 1. The van der Waals surface area contributed by atoms with Crippen LogP contribution in [-0.2, 0) is 6.54 Å². The van der Waals surface area contributed by atoms with Crippen LogP contribution in [0.2, 0.25) is 0 Å². The zero-order valence-electron chi connectivity index (χ0n) is 11.2. The van der Waals surface area contributed by atoms with Crippen molar-refractivity contribution in [1.29, 1.82) is 0 Å². The zero-order valence-corrected chi connectivity index (χ0v) is 12.1. The highest BCUT2D eigenvalue weighted by molar-refractivity contribution is 7.98. The molecule has 0 bridgehead atoms. The SMILES string of the molecule is CSc1ccc(C(=O)Cn2ccc3ccccc32)cc1. The quantitative estimate of drug-likeness (QED) is 0.527. The molecule has 0 N–H and O–H groups in total. The molecule has 3 aromatic rings. The van der Waals surface area contributed by atoms with Crippen LogP contribution in [0.1, 0.15) is 10.4 Å². The summed E-state index contributed by atoms with van der Waals surface area (Å²) < 4.78 is 2.00. The molecular formula is C17H15NOS. The number of hydrogen-bond acceptors (Lipinski definition) is 2. The molecule has 0 unspecified atom stereocenters. The lowest BCUT2D eigenvalue weighted by molar-refractivity contribution is 0.0973. The molecule has 0 radical (unpaired) electrons. The molecule has 2 aromatic carbocycles. The Balaban J connectivity index is 1.84. The summed E-state index contributed by atoms with van der Waals surface area (Å²) in [5.41, 5.74) is 1.86. The van der Waals surface area contributed by atoms with Gasteiger partial charge < -0.3 is 4.57 Å². The number of ketones is 1. The summed E-state index contributed by atoms with van der Waals surface area (Å²) >= 11 is 1.68. The van der Waals surface area contributed by atoms with Gasteiger partial charge in [0.15, 0.2) is 5.78 Å². The minimum atomic E-state index is 0.138. The number of fused-ring (bicyclic) bond motifs is 1. The van der Waals surface area contributed by atoms with Gasteiger partial charge in [0.1, 0.15) is 0 Å². The van der Waals surface area contributed by atoms with Crippen molar-refractivity contribution < 1.29 is 4.79 Å². The van der Waals surface area contributed by atoms with Crippen molar-refractivity contribution in [3.63, 3.8) is 0 Å². The molecule has 0 spiro atoms. The Morgan fingerprint density at radius 1 is 1.05 bits per heavy atom. The van der Waals surface area contributed by atoms with Crippen LogP contribution < -0.4 is 0 Å². The van der Waals surface area contributed by atoms with Crippen LogP contribution in [0.4, 0.5) is 0 Å². The van der Waals surface area contributed by atoms with Crippen molar-refractivity contribution in [3.8, 4) is 0 Å². The fourth-order valence-electron chi connectivity index (χ4n) is 2.30. The number of benzene rings is 2. The van der Waals surface area contributed by atoms with Crippen LogP contribution in [0.3, 0.4) is 0 Å². The highest BCUT2D eigenvalue weighted by atomic mass is 32.2. The number of para-hydroxylation sites is 1. The number of rotatable bonds is 4. The van der Waals surface area contributed by atoms with E-state index in [1.807, 2.05) is 65.6 Å². The Morgan fingerprint density at radius 2 is 1.80 bits per heavy atom. The number of thioether (sulfide) groups is 1. The zero-order chi connectivity index (χ0) is 13.9. The first kappa shape index (κ1) is 13.0. The van der Waals surface area contributed by atoms with Crippen molar-refractivity contribution in [3.05, 3.63) is 66.4 Å². The van der Waals surface area contributed by atoms with Crippen molar-refractivity contribution in [2.75, 3.05) is 6.26 Å². The van der Waals surface area contributed by atoms with Gasteiger partial charge in [-0.1, -0.05) is 30.3 Å². The summed E-state index contributed by atoms with van der Waals surface area (Å²) in [5, 5.41) is 1.16. The van der Waals surface area contributed by atoms with Gasteiger partial charge in [-0.05, 0) is 35.9 Å². The molecule has 20 heavy (non-hydrogen) atoms. The molecule has 0 saturated heterocycles.